The van der Waals surface area contributed by atoms with Crippen molar-refractivity contribution in [3.05, 3.63) is 24.0 Å². The van der Waals surface area contributed by atoms with E-state index in [1.807, 2.05) is 23.9 Å². The first-order chi connectivity index (χ1) is 9.15. The predicted molar refractivity (Wildman–Crippen MR) is 87.9 cm³/mol. The molecule has 0 amide bonds. The highest BCUT2D eigenvalue weighted by atomic mass is 32.2. The Hall–Kier alpha value is -0.810. The highest BCUT2D eigenvalue weighted by molar-refractivity contribution is 8.00. The summed E-state index contributed by atoms with van der Waals surface area (Å²) < 4.78 is 0.380. The molecule has 2 rings (SSSR count). The molecule has 1 fully saturated rings. The summed E-state index contributed by atoms with van der Waals surface area (Å²) in [5, 5.41) is 3.53. The lowest BCUT2D eigenvalue weighted by Gasteiger charge is -2.36. The third-order valence-corrected chi connectivity index (χ3v) is 5.45. The van der Waals surface area contributed by atoms with Crippen LogP contribution in [0.4, 0.5) is 5.69 Å². The Morgan fingerprint density at radius 3 is 2.84 bits per heavy atom. The van der Waals surface area contributed by atoms with Crippen LogP contribution in [-0.2, 0) is 0 Å². The fraction of sp³-hybridized carbons (Fsp3) is 0.571. The van der Waals surface area contributed by atoms with E-state index in [0.717, 1.165) is 12.2 Å². The van der Waals surface area contributed by atoms with Crippen molar-refractivity contribution >= 4 is 34.7 Å². The lowest BCUT2D eigenvalue weighted by Crippen LogP contribution is -2.35. The molecule has 0 radical (unpaired) electrons. The second kappa shape index (κ2) is 6.57. The van der Waals surface area contributed by atoms with Crippen molar-refractivity contribution in [2.45, 2.75) is 36.9 Å². The Labute approximate surface area is 124 Å². The predicted octanol–water partition coefficient (Wildman–Crippen LogP) is 3.19. The molecule has 1 aromatic rings. The third-order valence-electron chi connectivity index (χ3n) is 3.82. The van der Waals surface area contributed by atoms with E-state index in [0.29, 0.717) is 15.4 Å². The van der Waals surface area contributed by atoms with Gasteiger partial charge in [0.05, 0.1) is 5.69 Å². The molecule has 0 aliphatic heterocycles. The summed E-state index contributed by atoms with van der Waals surface area (Å²) >= 11 is 6.95. The van der Waals surface area contributed by atoms with Gasteiger partial charge in [0, 0.05) is 23.2 Å². The van der Waals surface area contributed by atoms with Crippen molar-refractivity contribution in [3.63, 3.8) is 0 Å². The third kappa shape index (κ3) is 3.83. The molecule has 3 N–H and O–H groups in total. The molecule has 104 valence electrons. The topological polar surface area (TPSA) is 50.9 Å². The number of thioether (sulfide) groups is 1. The standard InChI is InChI=1S/C14H21N3S2/c1-19-14(6-3-2-4-7-14)10-17-11-5-8-16-12(9-11)13(15)18/h5,8-9H,2-4,6-7,10H2,1H3,(H2,15,18)(H,16,17). The van der Waals surface area contributed by atoms with Gasteiger partial charge in [0.1, 0.15) is 4.99 Å². The van der Waals surface area contributed by atoms with Crippen LogP contribution >= 0.6 is 24.0 Å². The van der Waals surface area contributed by atoms with E-state index >= 15 is 0 Å². The molecule has 0 bridgehead atoms. The van der Waals surface area contributed by atoms with E-state index in [1.165, 1.54) is 32.1 Å². The zero-order valence-corrected chi connectivity index (χ0v) is 12.9. The molecule has 1 aromatic heterocycles. The number of rotatable bonds is 5. The molecule has 1 saturated carbocycles. The maximum Gasteiger partial charge on any atom is 0.122 e. The number of nitrogens with two attached hydrogens (primary N) is 1. The van der Waals surface area contributed by atoms with Crippen LogP contribution in [0.1, 0.15) is 37.8 Å². The van der Waals surface area contributed by atoms with Crippen molar-refractivity contribution in [2.75, 3.05) is 18.1 Å². The SMILES string of the molecule is CSC1(CNc2ccnc(C(N)=S)c2)CCCCC1. The van der Waals surface area contributed by atoms with Crippen LogP contribution in [0.5, 0.6) is 0 Å². The Kier molecular flexibility index (Phi) is 5.05. The molecule has 1 aliphatic carbocycles. The van der Waals surface area contributed by atoms with Crippen molar-refractivity contribution in [3.8, 4) is 0 Å². The van der Waals surface area contributed by atoms with Crippen LogP contribution in [0.3, 0.4) is 0 Å². The van der Waals surface area contributed by atoms with Gasteiger partial charge in [-0.15, -0.1) is 0 Å². The summed E-state index contributed by atoms with van der Waals surface area (Å²) in [6, 6.07) is 3.90. The number of hydrogen-bond acceptors (Lipinski definition) is 4. The van der Waals surface area contributed by atoms with Gasteiger partial charge in [-0.1, -0.05) is 31.5 Å². The minimum absolute atomic E-state index is 0.348. The number of hydrogen-bond donors (Lipinski definition) is 2. The van der Waals surface area contributed by atoms with Crippen molar-refractivity contribution in [1.82, 2.24) is 4.98 Å². The van der Waals surface area contributed by atoms with Gasteiger partial charge < -0.3 is 11.1 Å². The first kappa shape index (κ1) is 14.6. The van der Waals surface area contributed by atoms with Crippen molar-refractivity contribution < 1.29 is 0 Å². The Balaban J connectivity index is 2.00. The first-order valence-corrected chi connectivity index (χ1v) is 8.33. The normalized spacial score (nSPS) is 17.9. The van der Waals surface area contributed by atoms with E-state index in [1.54, 1.807) is 6.20 Å². The highest BCUT2D eigenvalue weighted by Crippen LogP contribution is 2.38. The summed E-state index contributed by atoms with van der Waals surface area (Å²) in [6.07, 6.45) is 10.6. The number of anilines is 1. The molecular formula is C14H21N3S2. The van der Waals surface area contributed by atoms with Gasteiger partial charge in [0.25, 0.3) is 0 Å². The lowest BCUT2D eigenvalue weighted by atomic mass is 9.88. The van der Waals surface area contributed by atoms with E-state index < -0.39 is 0 Å². The van der Waals surface area contributed by atoms with Crippen molar-refractivity contribution in [1.29, 1.82) is 0 Å². The number of nitrogens with zero attached hydrogens (tertiary/aromatic N) is 1. The summed E-state index contributed by atoms with van der Waals surface area (Å²) in [7, 11) is 0. The molecule has 1 aliphatic rings. The van der Waals surface area contributed by atoms with E-state index in [-0.39, 0.29) is 0 Å². The second-order valence-electron chi connectivity index (χ2n) is 5.10. The molecule has 1 heterocycles. The molecule has 0 saturated heterocycles. The zero-order chi connectivity index (χ0) is 13.7. The monoisotopic (exact) mass is 295 g/mol. The summed E-state index contributed by atoms with van der Waals surface area (Å²) in [5.41, 5.74) is 7.35. The van der Waals surface area contributed by atoms with Gasteiger partial charge in [-0.25, -0.2) is 0 Å². The zero-order valence-electron chi connectivity index (χ0n) is 11.3. The number of pyridine rings is 1. The molecule has 0 unspecified atom stereocenters. The van der Waals surface area contributed by atoms with Gasteiger partial charge in [0.15, 0.2) is 0 Å². The maximum absolute atomic E-state index is 5.61. The second-order valence-corrected chi connectivity index (χ2v) is 6.81. The average Bonchev–Trinajstić information content (AvgIpc) is 2.46. The maximum atomic E-state index is 5.61. The summed E-state index contributed by atoms with van der Waals surface area (Å²) in [5.74, 6) is 0. The molecule has 5 heteroatoms. The van der Waals surface area contributed by atoms with Crippen LogP contribution < -0.4 is 11.1 Å². The fourth-order valence-electron chi connectivity index (χ4n) is 2.59. The van der Waals surface area contributed by atoms with Crippen LogP contribution in [0.15, 0.2) is 18.3 Å². The Morgan fingerprint density at radius 2 is 2.21 bits per heavy atom. The first-order valence-electron chi connectivity index (χ1n) is 6.70. The average molecular weight is 295 g/mol. The molecular weight excluding hydrogens is 274 g/mol. The number of aromatic nitrogens is 1. The molecule has 3 nitrogen and oxygen atoms in total. The summed E-state index contributed by atoms with van der Waals surface area (Å²) in [6.45, 7) is 0.995. The number of nitrogens with one attached hydrogen (secondary N) is 1. The highest BCUT2D eigenvalue weighted by Gasteiger charge is 2.30. The fourth-order valence-corrected chi connectivity index (χ4v) is 3.61. The van der Waals surface area contributed by atoms with E-state index in [2.05, 4.69) is 16.6 Å². The van der Waals surface area contributed by atoms with E-state index in [4.69, 9.17) is 18.0 Å². The Morgan fingerprint density at radius 1 is 1.47 bits per heavy atom. The van der Waals surface area contributed by atoms with Gasteiger partial charge in [-0.05, 0) is 31.2 Å². The molecule has 0 atom stereocenters. The molecule has 0 aromatic carbocycles. The molecule has 0 spiro atoms. The largest absolute Gasteiger partial charge is 0.388 e. The molecule has 19 heavy (non-hydrogen) atoms. The summed E-state index contributed by atoms with van der Waals surface area (Å²) in [4.78, 5) is 4.51. The van der Waals surface area contributed by atoms with Gasteiger partial charge in [0.2, 0.25) is 0 Å². The van der Waals surface area contributed by atoms with Crippen LogP contribution in [0.25, 0.3) is 0 Å². The quantitative estimate of drug-likeness (QED) is 0.817. The number of thiocarbonyl (C=S) groups is 1. The van der Waals surface area contributed by atoms with Gasteiger partial charge in [-0.3, -0.25) is 4.98 Å². The van der Waals surface area contributed by atoms with Crippen LogP contribution in [-0.4, -0.2) is 27.5 Å². The van der Waals surface area contributed by atoms with Gasteiger partial charge >= 0.3 is 0 Å². The van der Waals surface area contributed by atoms with E-state index in [9.17, 15) is 0 Å². The van der Waals surface area contributed by atoms with Crippen LogP contribution in [0.2, 0.25) is 0 Å². The lowest BCUT2D eigenvalue weighted by molar-refractivity contribution is 0.411. The minimum Gasteiger partial charge on any atom is -0.388 e. The smallest absolute Gasteiger partial charge is 0.122 e. The van der Waals surface area contributed by atoms with Crippen molar-refractivity contribution in [2.24, 2.45) is 5.73 Å². The van der Waals surface area contributed by atoms with Crippen LogP contribution in [0, 0.1) is 0 Å². The van der Waals surface area contributed by atoms with Gasteiger partial charge in [-0.2, -0.15) is 11.8 Å². The Bertz CT molecular complexity index is 442. The minimum atomic E-state index is 0.348.